The zero-order valence-corrected chi connectivity index (χ0v) is 12.7. The highest BCUT2D eigenvalue weighted by molar-refractivity contribution is 5.86. The van der Waals surface area contributed by atoms with Crippen molar-refractivity contribution >= 4 is 6.29 Å². The fourth-order valence-electron chi connectivity index (χ4n) is 1.89. The number of carbonyl (C=O) groups excluding carboxylic acids is 1. The standard InChI is InChI=1S/C13H16N3O.HI/c1-3-8-16-9-13(15(2)14-16)12-7-5-4-6-11(12)10-17;/h4-7,9-10H,3,8H2,1-2H3;1H/q+1;/p-1. The van der Waals surface area contributed by atoms with Gasteiger partial charge in [-0.1, -0.05) is 25.1 Å². The quantitative estimate of drug-likeness (QED) is 0.384. The molecule has 0 amide bonds. The number of hydrogen-bond donors (Lipinski definition) is 0. The molecule has 0 saturated carbocycles. The van der Waals surface area contributed by atoms with Gasteiger partial charge < -0.3 is 24.0 Å². The van der Waals surface area contributed by atoms with Crippen LogP contribution in [0, 0.1) is 0 Å². The number of benzene rings is 1. The lowest BCUT2D eigenvalue weighted by Crippen LogP contribution is -3.00. The summed E-state index contributed by atoms with van der Waals surface area (Å²) in [6.45, 7) is 3.00. The number of halogens is 1. The Labute approximate surface area is 124 Å². The van der Waals surface area contributed by atoms with E-state index in [2.05, 4.69) is 12.1 Å². The summed E-state index contributed by atoms with van der Waals surface area (Å²) in [7, 11) is 1.89. The fourth-order valence-corrected chi connectivity index (χ4v) is 1.89. The monoisotopic (exact) mass is 357 g/mol. The van der Waals surface area contributed by atoms with Crippen LogP contribution in [0.2, 0.25) is 0 Å². The highest BCUT2D eigenvalue weighted by Crippen LogP contribution is 2.20. The predicted molar refractivity (Wildman–Crippen MR) is 64.5 cm³/mol. The molecule has 2 aromatic rings. The molecule has 0 radical (unpaired) electrons. The maximum Gasteiger partial charge on any atom is 0.198 e. The molecule has 0 aliphatic heterocycles. The predicted octanol–water partition coefficient (Wildman–Crippen LogP) is -1.40. The topological polar surface area (TPSA) is 38.8 Å². The van der Waals surface area contributed by atoms with Gasteiger partial charge in [0, 0.05) is 11.1 Å². The van der Waals surface area contributed by atoms with Crippen molar-refractivity contribution in [3.05, 3.63) is 36.0 Å². The van der Waals surface area contributed by atoms with Crippen LogP contribution in [0.5, 0.6) is 0 Å². The summed E-state index contributed by atoms with van der Waals surface area (Å²) in [5, 5.41) is 4.37. The van der Waals surface area contributed by atoms with Gasteiger partial charge in [0.1, 0.15) is 13.6 Å². The summed E-state index contributed by atoms with van der Waals surface area (Å²) in [5.74, 6) is 0. The average Bonchev–Trinajstić information content (AvgIpc) is 2.70. The number of aldehydes is 1. The van der Waals surface area contributed by atoms with Crippen LogP contribution < -0.4 is 28.7 Å². The molecule has 0 aliphatic carbocycles. The van der Waals surface area contributed by atoms with Crippen LogP contribution in [-0.4, -0.2) is 16.2 Å². The highest BCUT2D eigenvalue weighted by Gasteiger charge is 2.16. The lowest BCUT2D eigenvalue weighted by atomic mass is 10.1. The molecule has 1 aromatic carbocycles. The van der Waals surface area contributed by atoms with Crippen molar-refractivity contribution in [3.8, 4) is 11.3 Å². The van der Waals surface area contributed by atoms with Gasteiger partial charge in [-0.2, -0.15) is 0 Å². The molecule has 0 atom stereocenters. The molecule has 0 bridgehead atoms. The maximum atomic E-state index is 11.0. The van der Waals surface area contributed by atoms with Crippen molar-refractivity contribution in [1.82, 2.24) is 9.90 Å². The third-order valence-electron chi connectivity index (χ3n) is 2.69. The molecule has 0 spiro atoms. The molecule has 96 valence electrons. The third-order valence-corrected chi connectivity index (χ3v) is 2.69. The summed E-state index contributed by atoms with van der Waals surface area (Å²) in [4.78, 5) is 11.0. The van der Waals surface area contributed by atoms with Crippen LogP contribution in [0.4, 0.5) is 0 Å². The Morgan fingerprint density at radius 3 is 2.78 bits per heavy atom. The molecule has 1 aromatic heterocycles. The number of hydrogen-bond acceptors (Lipinski definition) is 2. The second-order valence-corrected chi connectivity index (χ2v) is 4.00. The van der Waals surface area contributed by atoms with E-state index in [0.717, 1.165) is 30.5 Å². The molecule has 2 rings (SSSR count). The van der Waals surface area contributed by atoms with E-state index in [1.54, 1.807) is 4.68 Å². The van der Waals surface area contributed by atoms with E-state index in [4.69, 9.17) is 0 Å². The van der Waals surface area contributed by atoms with Crippen molar-refractivity contribution in [2.75, 3.05) is 0 Å². The van der Waals surface area contributed by atoms with Gasteiger partial charge in [-0.15, -0.1) is 9.36 Å². The number of nitrogens with zero attached hydrogens (tertiary/aromatic N) is 3. The summed E-state index contributed by atoms with van der Waals surface area (Å²) < 4.78 is 3.70. The van der Waals surface area contributed by atoms with Crippen molar-refractivity contribution in [2.24, 2.45) is 7.05 Å². The van der Waals surface area contributed by atoms with Crippen LogP contribution in [-0.2, 0) is 13.6 Å². The molecule has 0 saturated heterocycles. The molecular formula is C13H16IN3O. The first kappa shape index (κ1) is 14.8. The van der Waals surface area contributed by atoms with E-state index in [9.17, 15) is 4.79 Å². The molecule has 5 heteroatoms. The van der Waals surface area contributed by atoms with E-state index >= 15 is 0 Å². The van der Waals surface area contributed by atoms with Gasteiger partial charge in [-0.25, -0.2) is 0 Å². The molecule has 1 heterocycles. The van der Waals surface area contributed by atoms with E-state index in [0.29, 0.717) is 5.56 Å². The lowest BCUT2D eigenvalue weighted by Gasteiger charge is -1.98. The third kappa shape index (κ3) is 2.95. The Morgan fingerprint density at radius 2 is 2.11 bits per heavy atom. The van der Waals surface area contributed by atoms with Gasteiger partial charge in [0.15, 0.2) is 18.2 Å². The van der Waals surface area contributed by atoms with Gasteiger partial charge in [0.25, 0.3) is 0 Å². The number of aromatic nitrogens is 3. The van der Waals surface area contributed by atoms with Gasteiger partial charge >= 0.3 is 0 Å². The van der Waals surface area contributed by atoms with E-state index in [1.165, 1.54) is 0 Å². The van der Waals surface area contributed by atoms with Gasteiger partial charge in [0.05, 0.1) is 5.21 Å². The number of rotatable bonds is 4. The Hall–Kier alpha value is -1.24. The van der Waals surface area contributed by atoms with Gasteiger partial charge in [-0.05, 0) is 12.5 Å². The van der Waals surface area contributed by atoms with Crippen LogP contribution in [0.15, 0.2) is 30.5 Å². The second kappa shape index (κ2) is 6.63. The summed E-state index contributed by atoms with van der Waals surface area (Å²) in [5.41, 5.74) is 2.58. The zero-order valence-electron chi connectivity index (χ0n) is 10.5. The van der Waals surface area contributed by atoms with Crippen LogP contribution in [0.1, 0.15) is 23.7 Å². The maximum absolute atomic E-state index is 11.0. The highest BCUT2D eigenvalue weighted by atomic mass is 127. The molecule has 0 unspecified atom stereocenters. The second-order valence-electron chi connectivity index (χ2n) is 4.00. The molecular weight excluding hydrogens is 341 g/mol. The summed E-state index contributed by atoms with van der Waals surface area (Å²) >= 11 is 0. The minimum absolute atomic E-state index is 0. The SMILES string of the molecule is CCC[n+]1cc(-c2ccccc2C=O)n(C)n1.[I-]. The lowest BCUT2D eigenvalue weighted by molar-refractivity contribution is -0.755. The van der Waals surface area contributed by atoms with E-state index in [-0.39, 0.29) is 24.0 Å². The molecule has 4 nitrogen and oxygen atoms in total. The summed E-state index contributed by atoms with van der Waals surface area (Å²) in [6.07, 6.45) is 3.90. The van der Waals surface area contributed by atoms with E-state index in [1.807, 2.05) is 42.2 Å². The van der Waals surface area contributed by atoms with Crippen molar-refractivity contribution in [2.45, 2.75) is 19.9 Å². The normalized spacial score (nSPS) is 9.89. The average molecular weight is 357 g/mol. The first-order chi connectivity index (χ1) is 8.26. The Kier molecular flexibility index (Phi) is 5.46. The fraction of sp³-hybridized carbons (Fsp3) is 0.308. The molecule has 0 fully saturated rings. The molecule has 0 N–H and O–H groups in total. The Morgan fingerprint density at radius 1 is 1.39 bits per heavy atom. The number of carbonyl (C=O) groups is 1. The largest absolute Gasteiger partial charge is 1.00 e. The molecule has 18 heavy (non-hydrogen) atoms. The van der Waals surface area contributed by atoms with E-state index < -0.39 is 0 Å². The number of aryl methyl sites for hydroxylation is 2. The van der Waals surface area contributed by atoms with Crippen molar-refractivity contribution < 1.29 is 33.5 Å². The van der Waals surface area contributed by atoms with Crippen LogP contribution in [0.3, 0.4) is 0 Å². The first-order valence-electron chi connectivity index (χ1n) is 5.74. The van der Waals surface area contributed by atoms with Crippen LogP contribution >= 0.6 is 0 Å². The molecule has 0 aliphatic rings. The minimum atomic E-state index is 0. The van der Waals surface area contributed by atoms with Crippen molar-refractivity contribution in [1.29, 1.82) is 0 Å². The first-order valence-corrected chi connectivity index (χ1v) is 5.74. The Balaban J connectivity index is 0.00000162. The minimum Gasteiger partial charge on any atom is -1.00 e. The van der Waals surface area contributed by atoms with Gasteiger partial charge in [-0.3, -0.25) is 4.79 Å². The zero-order chi connectivity index (χ0) is 12.3. The smallest absolute Gasteiger partial charge is 0.198 e. The van der Waals surface area contributed by atoms with Gasteiger partial charge in [0.2, 0.25) is 0 Å². The Bertz CT molecular complexity index is 537. The van der Waals surface area contributed by atoms with Crippen LogP contribution in [0.25, 0.3) is 11.3 Å². The van der Waals surface area contributed by atoms with Crippen molar-refractivity contribution in [3.63, 3.8) is 0 Å². The summed E-state index contributed by atoms with van der Waals surface area (Å²) in [6, 6.07) is 7.56.